The van der Waals surface area contributed by atoms with Crippen molar-refractivity contribution in [2.24, 2.45) is 0 Å². The van der Waals surface area contributed by atoms with Crippen LogP contribution in [0.1, 0.15) is 26.1 Å². The Labute approximate surface area is 95.7 Å². The highest BCUT2D eigenvalue weighted by Crippen LogP contribution is 2.17. The summed E-state index contributed by atoms with van der Waals surface area (Å²) in [6.07, 6.45) is 1.12. The summed E-state index contributed by atoms with van der Waals surface area (Å²) in [6.45, 7) is 4.99. The van der Waals surface area contributed by atoms with Gasteiger partial charge in [-0.3, -0.25) is 0 Å². The van der Waals surface area contributed by atoms with Gasteiger partial charge in [0.2, 0.25) is 0 Å². The molecule has 0 radical (unpaired) electrons. The minimum absolute atomic E-state index is 0.290. The van der Waals surface area contributed by atoms with Crippen molar-refractivity contribution >= 4 is 11.0 Å². The van der Waals surface area contributed by atoms with Crippen molar-refractivity contribution in [1.29, 1.82) is 0 Å². The van der Waals surface area contributed by atoms with E-state index in [9.17, 15) is 5.11 Å². The van der Waals surface area contributed by atoms with Crippen LogP contribution in [0, 0.1) is 0 Å². The largest absolute Gasteiger partial charge is 0.393 e. The van der Waals surface area contributed by atoms with E-state index < -0.39 is 0 Å². The number of aliphatic hydroxyl groups excluding tert-OH is 1. The lowest BCUT2D eigenvalue weighted by Gasteiger charge is -2.09. The molecular formula is C13H18N2O. The van der Waals surface area contributed by atoms with Gasteiger partial charge in [0.1, 0.15) is 5.82 Å². The van der Waals surface area contributed by atoms with Gasteiger partial charge in [-0.2, -0.15) is 0 Å². The smallest absolute Gasteiger partial charge is 0.112 e. The lowest BCUT2D eigenvalue weighted by Crippen LogP contribution is -2.13. The van der Waals surface area contributed by atoms with Gasteiger partial charge in [-0.1, -0.05) is 19.1 Å². The Bertz CT molecular complexity index is 476. The Morgan fingerprint density at radius 2 is 2.06 bits per heavy atom. The van der Waals surface area contributed by atoms with Crippen LogP contribution in [0.15, 0.2) is 24.3 Å². The molecule has 0 amide bonds. The van der Waals surface area contributed by atoms with E-state index in [2.05, 4.69) is 22.5 Å². The van der Waals surface area contributed by atoms with Crippen LogP contribution in [0.2, 0.25) is 0 Å². The van der Waals surface area contributed by atoms with Crippen molar-refractivity contribution < 1.29 is 5.11 Å². The zero-order valence-corrected chi connectivity index (χ0v) is 9.85. The molecule has 1 aromatic carbocycles. The van der Waals surface area contributed by atoms with Crippen LogP contribution in [0.4, 0.5) is 0 Å². The third-order valence-corrected chi connectivity index (χ3v) is 2.94. The second kappa shape index (κ2) is 4.66. The number of nitrogens with zero attached hydrogens (tertiary/aromatic N) is 2. The third-order valence-electron chi connectivity index (χ3n) is 2.94. The zero-order chi connectivity index (χ0) is 11.5. The topological polar surface area (TPSA) is 38.1 Å². The van der Waals surface area contributed by atoms with Crippen LogP contribution in [-0.4, -0.2) is 20.8 Å². The first-order valence-electron chi connectivity index (χ1n) is 5.88. The van der Waals surface area contributed by atoms with Gasteiger partial charge in [0.25, 0.3) is 0 Å². The number of fused-ring (bicyclic) bond motifs is 1. The van der Waals surface area contributed by atoms with Gasteiger partial charge in [0.05, 0.1) is 17.1 Å². The first kappa shape index (κ1) is 11.1. The maximum atomic E-state index is 9.70. The number of hydrogen-bond acceptors (Lipinski definition) is 2. The van der Waals surface area contributed by atoms with Gasteiger partial charge in [-0.15, -0.1) is 0 Å². The van der Waals surface area contributed by atoms with Crippen molar-refractivity contribution in [1.82, 2.24) is 9.55 Å². The fourth-order valence-electron chi connectivity index (χ4n) is 1.99. The standard InChI is InChI=1S/C13H18N2O/c1-3-10(16)9-13-14-11-7-5-6-8-12(11)15(13)4-2/h5-8,10,16H,3-4,9H2,1-2H3. The van der Waals surface area contributed by atoms with Crippen molar-refractivity contribution in [3.8, 4) is 0 Å². The van der Waals surface area contributed by atoms with Gasteiger partial charge < -0.3 is 9.67 Å². The van der Waals surface area contributed by atoms with Gasteiger partial charge >= 0.3 is 0 Å². The van der Waals surface area contributed by atoms with E-state index in [1.807, 2.05) is 25.1 Å². The summed E-state index contributed by atoms with van der Waals surface area (Å²) in [5.41, 5.74) is 2.17. The van der Waals surface area contributed by atoms with E-state index in [0.29, 0.717) is 6.42 Å². The molecule has 2 rings (SSSR count). The van der Waals surface area contributed by atoms with Crippen LogP contribution in [0.5, 0.6) is 0 Å². The van der Waals surface area contributed by atoms with Crippen LogP contribution < -0.4 is 0 Å². The number of imidazole rings is 1. The Balaban J connectivity index is 2.44. The fraction of sp³-hybridized carbons (Fsp3) is 0.462. The average molecular weight is 218 g/mol. The molecule has 0 spiro atoms. The third kappa shape index (κ3) is 1.95. The summed E-state index contributed by atoms with van der Waals surface area (Å²) in [6, 6.07) is 8.11. The van der Waals surface area contributed by atoms with E-state index in [1.54, 1.807) is 0 Å². The Morgan fingerprint density at radius 1 is 1.31 bits per heavy atom. The number of rotatable bonds is 4. The molecule has 1 N–H and O–H groups in total. The highest BCUT2D eigenvalue weighted by atomic mass is 16.3. The summed E-state index contributed by atoms with van der Waals surface area (Å²) in [5, 5.41) is 9.70. The summed E-state index contributed by atoms with van der Waals surface area (Å²) in [4.78, 5) is 4.57. The van der Waals surface area contributed by atoms with Crippen LogP contribution in [0.25, 0.3) is 11.0 Å². The summed E-state index contributed by atoms with van der Waals surface area (Å²) in [5.74, 6) is 0.984. The second-order valence-corrected chi connectivity index (χ2v) is 4.03. The molecule has 0 aliphatic rings. The molecule has 0 bridgehead atoms. The van der Waals surface area contributed by atoms with Crippen LogP contribution >= 0.6 is 0 Å². The lowest BCUT2D eigenvalue weighted by molar-refractivity contribution is 0.167. The van der Waals surface area contributed by atoms with Gasteiger partial charge in [-0.05, 0) is 25.5 Å². The average Bonchev–Trinajstić information content (AvgIpc) is 2.65. The molecule has 0 fully saturated rings. The van der Waals surface area contributed by atoms with E-state index in [1.165, 1.54) is 0 Å². The first-order valence-corrected chi connectivity index (χ1v) is 5.88. The highest BCUT2D eigenvalue weighted by Gasteiger charge is 2.11. The van der Waals surface area contributed by atoms with E-state index >= 15 is 0 Å². The molecular weight excluding hydrogens is 200 g/mol. The van der Waals surface area contributed by atoms with Crippen molar-refractivity contribution in [2.45, 2.75) is 39.3 Å². The van der Waals surface area contributed by atoms with Crippen molar-refractivity contribution in [3.05, 3.63) is 30.1 Å². The Kier molecular flexibility index (Phi) is 3.25. The molecule has 1 heterocycles. The molecule has 86 valence electrons. The number of aryl methyl sites for hydroxylation is 1. The van der Waals surface area contributed by atoms with Gasteiger partial charge in [0, 0.05) is 13.0 Å². The number of aliphatic hydroxyl groups is 1. The van der Waals surface area contributed by atoms with E-state index in [-0.39, 0.29) is 6.10 Å². The number of hydrogen-bond donors (Lipinski definition) is 1. The zero-order valence-electron chi connectivity index (χ0n) is 9.85. The van der Waals surface area contributed by atoms with Crippen molar-refractivity contribution in [2.75, 3.05) is 0 Å². The number of aromatic nitrogens is 2. The molecule has 3 nitrogen and oxygen atoms in total. The molecule has 1 atom stereocenters. The maximum Gasteiger partial charge on any atom is 0.112 e. The number of para-hydroxylation sites is 2. The second-order valence-electron chi connectivity index (χ2n) is 4.03. The molecule has 2 aromatic rings. The van der Waals surface area contributed by atoms with Gasteiger partial charge in [0.15, 0.2) is 0 Å². The monoisotopic (exact) mass is 218 g/mol. The molecule has 16 heavy (non-hydrogen) atoms. The molecule has 0 aliphatic carbocycles. The molecule has 1 unspecified atom stereocenters. The molecule has 0 aliphatic heterocycles. The molecule has 1 aromatic heterocycles. The quantitative estimate of drug-likeness (QED) is 0.855. The predicted molar refractivity (Wildman–Crippen MR) is 65.4 cm³/mol. The predicted octanol–water partition coefficient (Wildman–Crippen LogP) is 2.37. The SMILES string of the molecule is CCC(O)Cc1nc2ccccc2n1CC. The van der Waals surface area contributed by atoms with Gasteiger partial charge in [-0.25, -0.2) is 4.98 Å². The Hall–Kier alpha value is -1.35. The van der Waals surface area contributed by atoms with Crippen molar-refractivity contribution in [3.63, 3.8) is 0 Å². The minimum atomic E-state index is -0.290. The number of benzene rings is 1. The van der Waals surface area contributed by atoms with Crippen LogP contribution in [-0.2, 0) is 13.0 Å². The normalized spacial score (nSPS) is 13.2. The summed E-state index contributed by atoms with van der Waals surface area (Å²) >= 11 is 0. The maximum absolute atomic E-state index is 9.70. The fourth-order valence-corrected chi connectivity index (χ4v) is 1.99. The molecule has 0 saturated carbocycles. The first-order chi connectivity index (χ1) is 7.76. The summed E-state index contributed by atoms with van der Waals surface area (Å²) in [7, 11) is 0. The lowest BCUT2D eigenvalue weighted by atomic mass is 10.2. The van der Waals surface area contributed by atoms with E-state index in [4.69, 9.17) is 0 Å². The molecule has 3 heteroatoms. The Morgan fingerprint density at radius 3 is 2.75 bits per heavy atom. The summed E-state index contributed by atoms with van der Waals surface area (Å²) < 4.78 is 2.17. The highest BCUT2D eigenvalue weighted by molar-refractivity contribution is 5.75. The molecule has 0 saturated heterocycles. The van der Waals surface area contributed by atoms with Crippen LogP contribution in [0.3, 0.4) is 0 Å². The van der Waals surface area contributed by atoms with E-state index in [0.717, 1.165) is 29.8 Å². The minimum Gasteiger partial charge on any atom is -0.393 e.